The van der Waals surface area contributed by atoms with Gasteiger partial charge in [0.2, 0.25) is 0 Å². The van der Waals surface area contributed by atoms with Gasteiger partial charge >= 0.3 is 0 Å². The monoisotopic (exact) mass is 359 g/mol. The summed E-state index contributed by atoms with van der Waals surface area (Å²) >= 11 is 0. The summed E-state index contributed by atoms with van der Waals surface area (Å²) in [4.78, 5) is 13.9. The van der Waals surface area contributed by atoms with Crippen LogP contribution in [0.5, 0.6) is 5.75 Å². The average molecular weight is 359 g/mol. The summed E-state index contributed by atoms with van der Waals surface area (Å²) in [6.45, 7) is 4.67. The molecule has 1 saturated heterocycles. The van der Waals surface area contributed by atoms with Crippen molar-refractivity contribution in [2.75, 3.05) is 32.8 Å². The Hall–Kier alpha value is -2.44. The molecule has 0 spiro atoms. The molecule has 2 aromatic rings. The standard InChI is InChI=1S/C20H22FNO4/c1-15(23)19-12-16(21)6-7-20(19)26-14-18-13-22(9-11-25-18)8-2-4-17-5-3-10-24-17/h2-7,10,12,18H,8-9,11,13-14H2,1H3. The van der Waals surface area contributed by atoms with Gasteiger partial charge in [0, 0.05) is 19.6 Å². The first-order valence-corrected chi connectivity index (χ1v) is 8.59. The minimum absolute atomic E-state index is 0.106. The fourth-order valence-electron chi connectivity index (χ4n) is 2.84. The van der Waals surface area contributed by atoms with Gasteiger partial charge in [-0.2, -0.15) is 0 Å². The molecule has 1 atom stereocenters. The highest BCUT2D eigenvalue weighted by molar-refractivity contribution is 5.96. The molecule has 138 valence electrons. The van der Waals surface area contributed by atoms with Crippen molar-refractivity contribution in [1.82, 2.24) is 4.90 Å². The van der Waals surface area contributed by atoms with Crippen molar-refractivity contribution in [2.45, 2.75) is 13.0 Å². The van der Waals surface area contributed by atoms with E-state index in [1.54, 1.807) is 6.26 Å². The molecule has 0 aliphatic carbocycles. The van der Waals surface area contributed by atoms with Crippen LogP contribution >= 0.6 is 0 Å². The SMILES string of the molecule is CC(=O)c1cc(F)ccc1OCC1CN(CC=Cc2ccco2)CCO1. The Labute approximate surface area is 152 Å². The number of ketones is 1. The van der Waals surface area contributed by atoms with Crippen molar-refractivity contribution in [3.8, 4) is 5.75 Å². The zero-order chi connectivity index (χ0) is 18.4. The number of ether oxygens (including phenoxy) is 2. The van der Waals surface area contributed by atoms with Crippen molar-refractivity contribution in [3.05, 3.63) is 59.8 Å². The van der Waals surface area contributed by atoms with Crippen LogP contribution in [0, 0.1) is 5.82 Å². The molecule has 1 unspecified atom stereocenters. The van der Waals surface area contributed by atoms with Crippen molar-refractivity contribution >= 4 is 11.9 Å². The molecule has 1 aromatic heterocycles. The fourth-order valence-corrected chi connectivity index (χ4v) is 2.84. The summed E-state index contributed by atoms with van der Waals surface area (Å²) in [5.74, 6) is 0.531. The molecule has 0 N–H and O–H groups in total. The van der Waals surface area contributed by atoms with E-state index in [4.69, 9.17) is 13.9 Å². The summed E-state index contributed by atoms with van der Waals surface area (Å²) in [5, 5.41) is 0. The van der Waals surface area contributed by atoms with Crippen molar-refractivity contribution in [3.63, 3.8) is 0 Å². The molecule has 0 saturated carbocycles. The quantitative estimate of drug-likeness (QED) is 0.709. The van der Waals surface area contributed by atoms with E-state index in [1.165, 1.54) is 25.1 Å². The first-order chi connectivity index (χ1) is 12.6. The Morgan fingerprint density at radius 2 is 2.31 bits per heavy atom. The van der Waals surface area contributed by atoms with Gasteiger partial charge in [0.05, 0.1) is 18.4 Å². The highest BCUT2D eigenvalue weighted by Crippen LogP contribution is 2.21. The number of benzene rings is 1. The number of furan rings is 1. The van der Waals surface area contributed by atoms with Gasteiger partial charge in [0.25, 0.3) is 0 Å². The van der Waals surface area contributed by atoms with Crippen LogP contribution in [0.1, 0.15) is 23.0 Å². The van der Waals surface area contributed by atoms with Gasteiger partial charge in [-0.15, -0.1) is 0 Å². The lowest BCUT2D eigenvalue weighted by Crippen LogP contribution is -2.44. The molecule has 1 aliphatic rings. The smallest absolute Gasteiger partial charge is 0.163 e. The number of rotatable bonds is 7. The lowest BCUT2D eigenvalue weighted by molar-refractivity contribution is -0.0446. The second kappa shape index (κ2) is 8.78. The fraction of sp³-hybridized carbons (Fsp3) is 0.350. The Morgan fingerprint density at radius 3 is 3.08 bits per heavy atom. The molecule has 1 fully saturated rings. The number of carbonyl (C=O) groups excluding carboxylic acids is 1. The molecule has 0 bridgehead atoms. The Bertz CT molecular complexity index is 757. The van der Waals surface area contributed by atoms with E-state index in [-0.39, 0.29) is 17.5 Å². The van der Waals surface area contributed by atoms with Crippen molar-refractivity contribution < 1.29 is 23.1 Å². The third-order valence-electron chi connectivity index (χ3n) is 4.16. The zero-order valence-electron chi connectivity index (χ0n) is 14.7. The first kappa shape index (κ1) is 18.4. The van der Waals surface area contributed by atoms with Gasteiger partial charge in [-0.3, -0.25) is 9.69 Å². The molecule has 26 heavy (non-hydrogen) atoms. The second-order valence-corrected chi connectivity index (χ2v) is 6.18. The predicted molar refractivity (Wildman–Crippen MR) is 95.8 cm³/mol. The van der Waals surface area contributed by atoms with Crippen LogP contribution in [-0.4, -0.2) is 49.6 Å². The molecular formula is C20H22FNO4. The number of Topliss-reactive ketones (excluding diaryl/α,β-unsaturated/α-hetero) is 1. The molecule has 1 aromatic carbocycles. The van der Waals surface area contributed by atoms with E-state index in [2.05, 4.69) is 11.0 Å². The predicted octanol–water partition coefficient (Wildman–Crippen LogP) is 3.41. The highest BCUT2D eigenvalue weighted by atomic mass is 19.1. The van der Waals surface area contributed by atoms with Crippen LogP contribution in [0.2, 0.25) is 0 Å². The van der Waals surface area contributed by atoms with E-state index in [0.29, 0.717) is 19.0 Å². The molecular weight excluding hydrogens is 337 g/mol. The second-order valence-electron chi connectivity index (χ2n) is 6.18. The van der Waals surface area contributed by atoms with Crippen LogP contribution in [0.4, 0.5) is 4.39 Å². The van der Waals surface area contributed by atoms with Gasteiger partial charge in [-0.1, -0.05) is 6.08 Å². The maximum Gasteiger partial charge on any atom is 0.163 e. The molecule has 6 heteroatoms. The van der Waals surface area contributed by atoms with Gasteiger partial charge in [0.15, 0.2) is 5.78 Å². The van der Waals surface area contributed by atoms with Crippen LogP contribution in [-0.2, 0) is 4.74 Å². The van der Waals surface area contributed by atoms with Gasteiger partial charge in [-0.05, 0) is 43.3 Å². The largest absolute Gasteiger partial charge is 0.490 e. The van der Waals surface area contributed by atoms with E-state index in [0.717, 1.165) is 25.4 Å². The Kier molecular flexibility index (Phi) is 6.20. The molecule has 5 nitrogen and oxygen atoms in total. The summed E-state index contributed by atoms with van der Waals surface area (Å²) < 4.78 is 30.1. The molecule has 0 amide bonds. The van der Waals surface area contributed by atoms with Crippen molar-refractivity contribution in [1.29, 1.82) is 0 Å². The first-order valence-electron chi connectivity index (χ1n) is 8.59. The highest BCUT2D eigenvalue weighted by Gasteiger charge is 2.21. The van der Waals surface area contributed by atoms with E-state index in [9.17, 15) is 9.18 Å². The van der Waals surface area contributed by atoms with E-state index >= 15 is 0 Å². The molecule has 2 heterocycles. The van der Waals surface area contributed by atoms with E-state index < -0.39 is 5.82 Å². The minimum atomic E-state index is -0.453. The van der Waals surface area contributed by atoms with Crippen LogP contribution in [0.15, 0.2) is 47.1 Å². The number of halogens is 1. The Balaban J connectivity index is 1.52. The Morgan fingerprint density at radius 1 is 1.42 bits per heavy atom. The number of nitrogens with zero attached hydrogens (tertiary/aromatic N) is 1. The summed E-state index contributed by atoms with van der Waals surface area (Å²) in [7, 11) is 0. The van der Waals surface area contributed by atoms with Crippen LogP contribution in [0.25, 0.3) is 6.08 Å². The lowest BCUT2D eigenvalue weighted by Gasteiger charge is -2.32. The van der Waals surface area contributed by atoms with Gasteiger partial charge in [-0.25, -0.2) is 4.39 Å². The lowest BCUT2D eigenvalue weighted by atomic mass is 10.1. The summed E-state index contributed by atoms with van der Waals surface area (Å²) in [6.07, 6.45) is 5.53. The average Bonchev–Trinajstić information content (AvgIpc) is 3.14. The third kappa shape index (κ3) is 5.03. The summed E-state index contributed by atoms with van der Waals surface area (Å²) in [6, 6.07) is 7.73. The summed E-state index contributed by atoms with van der Waals surface area (Å²) in [5.41, 5.74) is 0.249. The third-order valence-corrected chi connectivity index (χ3v) is 4.16. The number of hydrogen-bond donors (Lipinski definition) is 0. The zero-order valence-corrected chi connectivity index (χ0v) is 14.7. The minimum Gasteiger partial charge on any atom is -0.490 e. The van der Waals surface area contributed by atoms with Crippen molar-refractivity contribution in [2.24, 2.45) is 0 Å². The molecule has 1 aliphatic heterocycles. The van der Waals surface area contributed by atoms with Crippen LogP contribution < -0.4 is 4.74 Å². The normalized spacial score (nSPS) is 18.3. The number of carbonyl (C=O) groups is 1. The maximum absolute atomic E-state index is 13.3. The van der Waals surface area contributed by atoms with Gasteiger partial charge < -0.3 is 13.9 Å². The van der Waals surface area contributed by atoms with Crippen LogP contribution in [0.3, 0.4) is 0 Å². The maximum atomic E-state index is 13.3. The van der Waals surface area contributed by atoms with Gasteiger partial charge in [0.1, 0.15) is 30.0 Å². The number of hydrogen-bond acceptors (Lipinski definition) is 5. The molecule has 3 rings (SSSR count). The number of morpholine rings is 1. The van der Waals surface area contributed by atoms with E-state index in [1.807, 2.05) is 18.2 Å². The molecule has 0 radical (unpaired) electrons. The topological polar surface area (TPSA) is 51.9 Å².